The molecule has 0 amide bonds. The Labute approximate surface area is 95.4 Å². The zero-order chi connectivity index (χ0) is 10.3. The number of benzene rings is 1. The van der Waals surface area contributed by atoms with Crippen LogP contribution in [0, 0.1) is 3.57 Å². The molecule has 0 saturated carbocycles. The minimum Gasteiger partial charge on any atom is -0.480 e. The summed E-state index contributed by atoms with van der Waals surface area (Å²) < 4.78 is 1.12. The number of carboxylic acids is 1. The zero-order valence-electron chi connectivity index (χ0n) is 7.46. The molecule has 0 radical (unpaired) electrons. The number of halogens is 1. The monoisotopic (exact) mass is 303 g/mol. The number of nitrogens with two attached hydrogens (primary N) is 1. The fourth-order valence-electron chi connectivity index (χ4n) is 1.89. The van der Waals surface area contributed by atoms with Gasteiger partial charge in [0.05, 0.1) is 0 Å². The van der Waals surface area contributed by atoms with Gasteiger partial charge >= 0.3 is 5.97 Å². The topological polar surface area (TPSA) is 63.3 Å². The zero-order valence-corrected chi connectivity index (χ0v) is 9.61. The van der Waals surface area contributed by atoms with Crippen LogP contribution >= 0.6 is 22.6 Å². The van der Waals surface area contributed by atoms with Crippen molar-refractivity contribution in [2.75, 3.05) is 0 Å². The molecular formula is C10H10INO2. The highest BCUT2D eigenvalue weighted by molar-refractivity contribution is 14.1. The maximum atomic E-state index is 11.0. The van der Waals surface area contributed by atoms with Gasteiger partial charge in [0.15, 0.2) is 0 Å². The average Bonchev–Trinajstić information content (AvgIpc) is 2.45. The van der Waals surface area contributed by atoms with E-state index in [4.69, 9.17) is 10.8 Å². The predicted molar refractivity (Wildman–Crippen MR) is 61.0 cm³/mol. The second-order valence-corrected chi connectivity index (χ2v) is 4.82. The van der Waals surface area contributed by atoms with Crippen LogP contribution in [0.1, 0.15) is 17.5 Å². The van der Waals surface area contributed by atoms with Crippen LogP contribution in [0.25, 0.3) is 0 Å². The van der Waals surface area contributed by atoms with Crippen molar-refractivity contribution < 1.29 is 9.90 Å². The van der Waals surface area contributed by atoms with Crippen LogP contribution in [-0.4, -0.2) is 11.1 Å². The number of hydrogen-bond acceptors (Lipinski definition) is 2. The number of aliphatic carboxylic acids is 1. The van der Waals surface area contributed by atoms with Gasteiger partial charge in [-0.2, -0.15) is 0 Å². The minimum absolute atomic E-state index is 0.498. The molecule has 0 spiro atoms. The fraction of sp³-hybridized carbons (Fsp3) is 0.300. The SMILES string of the molecule is NC1(C(=O)O)CCc2cc(I)ccc21. The van der Waals surface area contributed by atoms with E-state index in [0.717, 1.165) is 21.1 Å². The number of carbonyl (C=O) groups is 1. The molecule has 1 aromatic carbocycles. The van der Waals surface area contributed by atoms with E-state index in [9.17, 15) is 4.79 Å². The van der Waals surface area contributed by atoms with Gasteiger partial charge in [-0.25, -0.2) is 4.79 Å². The largest absolute Gasteiger partial charge is 0.480 e. The quantitative estimate of drug-likeness (QED) is 0.772. The van der Waals surface area contributed by atoms with Crippen molar-refractivity contribution in [3.05, 3.63) is 32.9 Å². The maximum absolute atomic E-state index is 11.0. The number of carboxylic acid groups (broad SMARTS) is 1. The molecule has 3 N–H and O–H groups in total. The molecule has 0 aromatic heterocycles. The lowest BCUT2D eigenvalue weighted by atomic mass is 9.93. The summed E-state index contributed by atoms with van der Waals surface area (Å²) in [5.74, 6) is -0.933. The second-order valence-electron chi connectivity index (χ2n) is 3.58. The molecule has 0 bridgehead atoms. The Hall–Kier alpha value is -0.620. The van der Waals surface area contributed by atoms with Crippen LogP contribution in [0.2, 0.25) is 0 Å². The Morgan fingerprint density at radius 2 is 2.29 bits per heavy atom. The van der Waals surface area contributed by atoms with Crippen molar-refractivity contribution in [3.8, 4) is 0 Å². The first-order chi connectivity index (χ1) is 6.54. The van der Waals surface area contributed by atoms with E-state index in [0.29, 0.717) is 6.42 Å². The molecule has 3 nitrogen and oxygen atoms in total. The molecule has 0 fully saturated rings. The number of rotatable bonds is 1. The smallest absolute Gasteiger partial charge is 0.328 e. The molecule has 4 heteroatoms. The summed E-state index contributed by atoms with van der Waals surface area (Å²) in [6.07, 6.45) is 1.26. The fourth-order valence-corrected chi connectivity index (χ4v) is 2.45. The minimum atomic E-state index is -1.17. The summed E-state index contributed by atoms with van der Waals surface area (Å²) >= 11 is 2.21. The Balaban J connectivity index is 2.55. The standard InChI is InChI=1S/C10H10INO2/c11-7-1-2-8-6(5-7)3-4-10(8,12)9(13)14/h1-2,5H,3-4,12H2,(H,13,14). The van der Waals surface area contributed by atoms with Crippen LogP contribution in [0.3, 0.4) is 0 Å². The maximum Gasteiger partial charge on any atom is 0.328 e. The first kappa shape index (κ1) is 9.92. The van der Waals surface area contributed by atoms with Crippen molar-refractivity contribution in [2.45, 2.75) is 18.4 Å². The van der Waals surface area contributed by atoms with E-state index in [1.807, 2.05) is 18.2 Å². The third-order valence-corrected chi connectivity index (χ3v) is 3.39. The Morgan fingerprint density at radius 3 is 2.93 bits per heavy atom. The van der Waals surface area contributed by atoms with E-state index >= 15 is 0 Å². The van der Waals surface area contributed by atoms with Crippen LogP contribution in [-0.2, 0) is 16.8 Å². The second kappa shape index (κ2) is 3.20. The Bertz CT molecular complexity index is 405. The van der Waals surface area contributed by atoms with Gasteiger partial charge in [0.1, 0.15) is 5.54 Å². The first-order valence-corrected chi connectivity index (χ1v) is 5.43. The first-order valence-electron chi connectivity index (χ1n) is 4.35. The third-order valence-electron chi connectivity index (χ3n) is 2.72. The summed E-state index contributed by atoms with van der Waals surface area (Å²) in [5.41, 5.74) is 6.53. The van der Waals surface area contributed by atoms with Crippen LogP contribution in [0.15, 0.2) is 18.2 Å². The molecule has 1 atom stereocenters. The lowest BCUT2D eigenvalue weighted by Crippen LogP contribution is -2.42. The summed E-state index contributed by atoms with van der Waals surface area (Å²) in [6, 6.07) is 5.74. The molecular weight excluding hydrogens is 293 g/mol. The predicted octanol–water partition coefficient (Wildman–Crippen LogP) is 1.48. The summed E-state index contributed by atoms with van der Waals surface area (Å²) in [5, 5.41) is 9.06. The van der Waals surface area contributed by atoms with Gasteiger partial charge in [0.25, 0.3) is 0 Å². The van der Waals surface area contributed by atoms with Crippen LogP contribution < -0.4 is 5.73 Å². The molecule has 2 rings (SSSR count). The third kappa shape index (κ3) is 1.33. The highest BCUT2D eigenvalue weighted by Gasteiger charge is 2.41. The van der Waals surface area contributed by atoms with Gasteiger partial charge in [-0.1, -0.05) is 6.07 Å². The Kier molecular flexibility index (Phi) is 2.27. The Morgan fingerprint density at radius 1 is 1.57 bits per heavy atom. The molecule has 1 aromatic rings. The van der Waals surface area contributed by atoms with E-state index in [1.165, 1.54) is 0 Å². The van der Waals surface area contributed by atoms with Gasteiger partial charge in [-0.05, 0) is 58.7 Å². The summed E-state index contributed by atoms with van der Waals surface area (Å²) in [6.45, 7) is 0. The van der Waals surface area contributed by atoms with Crippen molar-refractivity contribution >= 4 is 28.6 Å². The van der Waals surface area contributed by atoms with E-state index in [2.05, 4.69) is 22.6 Å². The molecule has 1 aliphatic rings. The molecule has 74 valence electrons. The average molecular weight is 303 g/mol. The number of hydrogen-bond donors (Lipinski definition) is 2. The van der Waals surface area contributed by atoms with Crippen molar-refractivity contribution in [2.24, 2.45) is 5.73 Å². The lowest BCUT2D eigenvalue weighted by Gasteiger charge is -2.19. The molecule has 1 aliphatic carbocycles. The van der Waals surface area contributed by atoms with Crippen LogP contribution in [0.5, 0.6) is 0 Å². The highest BCUT2D eigenvalue weighted by Crippen LogP contribution is 2.35. The molecule has 0 saturated heterocycles. The van der Waals surface area contributed by atoms with Gasteiger partial charge in [0.2, 0.25) is 0 Å². The van der Waals surface area contributed by atoms with Gasteiger partial charge in [0, 0.05) is 3.57 Å². The van der Waals surface area contributed by atoms with Gasteiger partial charge < -0.3 is 10.8 Å². The van der Waals surface area contributed by atoms with Gasteiger partial charge in [-0.15, -0.1) is 0 Å². The van der Waals surface area contributed by atoms with Crippen molar-refractivity contribution in [3.63, 3.8) is 0 Å². The molecule has 0 heterocycles. The number of fused-ring (bicyclic) bond motifs is 1. The van der Waals surface area contributed by atoms with E-state index in [-0.39, 0.29) is 0 Å². The molecule has 1 unspecified atom stereocenters. The molecule has 14 heavy (non-hydrogen) atoms. The van der Waals surface area contributed by atoms with E-state index in [1.54, 1.807) is 0 Å². The highest BCUT2D eigenvalue weighted by atomic mass is 127. The van der Waals surface area contributed by atoms with Crippen LogP contribution in [0.4, 0.5) is 0 Å². The van der Waals surface area contributed by atoms with Crippen molar-refractivity contribution in [1.29, 1.82) is 0 Å². The summed E-state index contributed by atoms with van der Waals surface area (Å²) in [7, 11) is 0. The number of aryl methyl sites for hydroxylation is 1. The lowest BCUT2D eigenvalue weighted by molar-refractivity contribution is -0.143. The normalized spacial score (nSPS) is 24.7. The summed E-state index contributed by atoms with van der Waals surface area (Å²) in [4.78, 5) is 11.0. The molecule has 0 aliphatic heterocycles. The van der Waals surface area contributed by atoms with Gasteiger partial charge in [-0.3, -0.25) is 0 Å². The van der Waals surface area contributed by atoms with E-state index < -0.39 is 11.5 Å². The van der Waals surface area contributed by atoms with Crippen molar-refractivity contribution in [1.82, 2.24) is 0 Å².